The van der Waals surface area contributed by atoms with Gasteiger partial charge in [-0.2, -0.15) is 4.99 Å². The third kappa shape index (κ3) is 5.68. The van der Waals surface area contributed by atoms with Crippen molar-refractivity contribution >= 4 is 23.5 Å². The molecule has 0 unspecified atom stereocenters. The summed E-state index contributed by atoms with van der Waals surface area (Å²) in [6, 6.07) is 14.9. The van der Waals surface area contributed by atoms with E-state index in [1.807, 2.05) is 44.2 Å². The second-order valence-corrected chi connectivity index (χ2v) is 6.55. The Morgan fingerprint density at radius 2 is 1.62 bits per heavy atom. The number of nitrogens with one attached hydrogen (secondary N) is 2. The van der Waals surface area contributed by atoms with Crippen molar-refractivity contribution in [1.29, 1.82) is 0 Å². The van der Waals surface area contributed by atoms with Crippen LogP contribution in [0.5, 0.6) is 0 Å². The molecule has 6 nitrogen and oxygen atoms in total. The van der Waals surface area contributed by atoms with E-state index in [9.17, 15) is 9.18 Å². The van der Waals surface area contributed by atoms with Crippen LogP contribution in [0.2, 0.25) is 0 Å². The van der Waals surface area contributed by atoms with Crippen LogP contribution in [0.25, 0.3) is 0 Å². The number of carbonyl (C=O) groups excluding carboxylic acids is 1. The van der Waals surface area contributed by atoms with Gasteiger partial charge in [-0.05, 0) is 68.3 Å². The number of guanidine groups is 1. The van der Waals surface area contributed by atoms with Crippen LogP contribution in [0.3, 0.4) is 0 Å². The number of hydrogen-bond acceptors (Lipinski definition) is 4. The summed E-state index contributed by atoms with van der Waals surface area (Å²) in [5, 5.41) is 5.81. The van der Waals surface area contributed by atoms with Gasteiger partial charge < -0.3 is 5.32 Å². The van der Waals surface area contributed by atoms with E-state index in [1.165, 1.54) is 29.8 Å². The molecule has 0 aliphatic rings. The largest absolute Gasteiger partial charge is 0.326 e. The summed E-state index contributed by atoms with van der Waals surface area (Å²) in [6.07, 6.45) is 0.930. The third-order valence-electron chi connectivity index (χ3n) is 4.15. The Bertz CT molecular complexity index is 1010. The highest BCUT2D eigenvalue weighted by Gasteiger charge is 2.11. The summed E-state index contributed by atoms with van der Waals surface area (Å²) in [5.41, 5.74) is 3.80. The molecule has 1 heterocycles. The van der Waals surface area contributed by atoms with Crippen molar-refractivity contribution in [3.8, 4) is 0 Å². The summed E-state index contributed by atoms with van der Waals surface area (Å²) in [5.74, 6) is -0.429. The molecule has 0 saturated heterocycles. The number of aliphatic imine (C=N–C) groups is 1. The molecule has 0 atom stereocenters. The fraction of sp³-hybridized carbons (Fsp3) is 0.182. The van der Waals surface area contributed by atoms with Crippen molar-refractivity contribution in [2.45, 2.75) is 27.2 Å². The predicted molar refractivity (Wildman–Crippen MR) is 112 cm³/mol. The lowest BCUT2D eigenvalue weighted by Crippen LogP contribution is -2.36. The summed E-state index contributed by atoms with van der Waals surface area (Å²) in [7, 11) is 0. The number of halogens is 1. The molecule has 3 aromatic rings. The Morgan fingerprint density at radius 3 is 2.21 bits per heavy atom. The number of anilines is 1. The summed E-state index contributed by atoms with van der Waals surface area (Å²) >= 11 is 0. The van der Waals surface area contributed by atoms with Crippen molar-refractivity contribution in [2.75, 3.05) is 5.32 Å². The molecule has 29 heavy (non-hydrogen) atoms. The van der Waals surface area contributed by atoms with E-state index in [1.54, 1.807) is 0 Å². The monoisotopic (exact) mass is 391 g/mol. The zero-order valence-electron chi connectivity index (χ0n) is 16.5. The predicted octanol–water partition coefficient (Wildman–Crippen LogP) is 4.32. The van der Waals surface area contributed by atoms with Gasteiger partial charge in [-0.1, -0.05) is 19.1 Å². The number of rotatable bonds is 4. The van der Waals surface area contributed by atoms with E-state index < -0.39 is 11.7 Å². The number of carbonyl (C=O) groups is 1. The molecule has 0 bridgehead atoms. The quantitative estimate of drug-likeness (QED) is 0.513. The van der Waals surface area contributed by atoms with E-state index in [2.05, 4.69) is 32.5 Å². The van der Waals surface area contributed by atoms with Crippen LogP contribution in [-0.4, -0.2) is 21.8 Å². The first-order valence-electron chi connectivity index (χ1n) is 9.27. The lowest BCUT2D eigenvalue weighted by Gasteiger charge is -2.12. The van der Waals surface area contributed by atoms with Gasteiger partial charge in [-0.3, -0.25) is 10.1 Å². The summed E-state index contributed by atoms with van der Waals surface area (Å²) in [6.45, 7) is 5.78. The second kappa shape index (κ2) is 9.05. The molecule has 2 N–H and O–H groups in total. The topological polar surface area (TPSA) is 79.3 Å². The van der Waals surface area contributed by atoms with Crippen LogP contribution in [0.15, 0.2) is 59.6 Å². The first-order valence-corrected chi connectivity index (χ1v) is 9.27. The lowest BCUT2D eigenvalue weighted by atomic mass is 10.1. The van der Waals surface area contributed by atoms with Gasteiger partial charge in [0.2, 0.25) is 5.96 Å². The Labute approximate surface area is 168 Å². The smallest absolute Gasteiger partial charge is 0.257 e. The fourth-order valence-corrected chi connectivity index (χ4v) is 2.69. The maximum absolute atomic E-state index is 13.1. The van der Waals surface area contributed by atoms with Gasteiger partial charge in [0, 0.05) is 22.6 Å². The molecular weight excluding hydrogens is 369 g/mol. The number of hydrogen-bond donors (Lipinski definition) is 2. The highest BCUT2D eigenvalue weighted by Crippen LogP contribution is 2.12. The number of aromatic nitrogens is 2. The second-order valence-electron chi connectivity index (χ2n) is 6.55. The molecule has 0 fully saturated rings. The van der Waals surface area contributed by atoms with E-state index >= 15 is 0 Å². The first kappa shape index (κ1) is 20.1. The van der Waals surface area contributed by atoms with Crippen LogP contribution >= 0.6 is 0 Å². The van der Waals surface area contributed by atoms with Crippen molar-refractivity contribution in [3.63, 3.8) is 0 Å². The zero-order valence-corrected chi connectivity index (χ0v) is 16.5. The number of aryl methyl sites for hydroxylation is 3. The average Bonchev–Trinajstić information content (AvgIpc) is 2.68. The maximum Gasteiger partial charge on any atom is 0.257 e. The number of benzene rings is 2. The normalized spacial score (nSPS) is 11.2. The molecule has 0 aliphatic heterocycles. The van der Waals surface area contributed by atoms with Gasteiger partial charge in [0.05, 0.1) is 0 Å². The lowest BCUT2D eigenvalue weighted by molar-refractivity contribution is 0.0977. The molecule has 2 aromatic carbocycles. The van der Waals surface area contributed by atoms with Crippen molar-refractivity contribution in [2.24, 2.45) is 4.99 Å². The molecule has 7 heteroatoms. The van der Waals surface area contributed by atoms with Crippen molar-refractivity contribution in [3.05, 3.63) is 82.9 Å². The first-order chi connectivity index (χ1) is 13.9. The highest BCUT2D eigenvalue weighted by molar-refractivity contribution is 6.10. The Morgan fingerprint density at radius 1 is 1.00 bits per heavy atom. The minimum Gasteiger partial charge on any atom is -0.326 e. The Kier molecular flexibility index (Phi) is 6.29. The fourth-order valence-electron chi connectivity index (χ4n) is 2.69. The van der Waals surface area contributed by atoms with E-state index in [-0.39, 0.29) is 11.9 Å². The minimum absolute atomic E-state index is 0.175. The molecule has 1 amide bonds. The van der Waals surface area contributed by atoms with Gasteiger partial charge >= 0.3 is 0 Å². The molecule has 0 radical (unpaired) electrons. The van der Waals surface area contributed by atoms with Gasteiger partial charge in [-0.25, -0.2) is 14.4 Å². The van der Waals surface area contributed by atoms with Gasteiger partial charge in [0.1, 0.15) is 5.82 Å². The van der Waals surface area contributed by atoms with Crippen LogP contribution < -0.4 is 10.6 Å². The van der Waals surface area contributed by atoms with Crippen molar-refractivity contribution in [1.82, 2.24) is 15.3 Å². The standard InChI is InChI=1S/C22H22FN5O/c1-4-16-5-11-19(12-6-16)26-22(28-21-24-14(2)13-15(3)25-21)27-20(29)17-7-9-18(23)10-8-17/h5-13H,4H2,1-3H3,(H2,24,25,26,27,28,29). The van der Waals surface area contributed by atoms with Crippen LogP contribution in [0.1, 0.15) is 34.2 Å². The molecule has 3 rings (SSSR count). The van der Waals surface area contributed by atoms with Crippen molar-refractivity contribution < 1.29 is 9.18 Å². The number of nitrogens with zero attached hydrogens (tertiary/aromatic N) is 3. The van der Waals surface area contributed by atoms with Crippen LogP contribution in [0, 0.1) is 19.7 Å². The zero-order chi connectivity index (χ0) is 20.8. The summed E-state index contributed by atoms with van der Waals surface area (Å²) in [4.78, 5) is 25.6. The molecule has 0 aliphatic carbocycles. The molecular formula is C22H22FN5O. The minimum atomic E-state index is -0.425. The van der Waals surface area contributed by atoms with Gasteiger partial charge in [0.15, 0.2) is 0 Å². The molecule has 0 saturated carbocycles. The average molecular weight is 391 g/mol. The van der Waals surface area contributed by atoms with Crippen LogP contribution in [-0.2, 0) is 6.42 Å². The third-order valence-corrected chi connectivity index (χ3v) is 4.15. The SMILES string of the molecule is CCc1ccc(NC(=Nc2nc(C)cc(C)n2)NC(=O)c2ccc(F)cc2)cc1. The molecule has 1 aromatic heterocycles. The van der Waals surface area contributed by atoms with Gasteiger partial charge in [0.25, 0.3) is 11.9 Å². The maximum atomic E-state index is 13.1. The molecule has 0 spiro atoms. The Balaban J connectivity index is 1.90. The Hall–Kier alpha value is -3.61. The summed E-state index contributed by atoms with van der Waals surface area (Å²) < 4.78 is 13.1. The number of amides is 1. The van der Waals surface area contributed by atoms with E-state index in [0.29, 0.717) is 5.56 Å². The van der Waals surface area contributed by atoms with Gasteiger partial charge in [-0.15, -0.1) is 0 Å². The molecule has 148 valence electrons. The van der Waals surface area contributed by atoms with Crippen LogP contribution in [0.4, 0.5) is 16.0 Å². The van der Waals surface area contributed by atoms with E-state index in [0.717, 1.165) is 23.5 Å². The van der Waals surface area contributed by atoms with E-state index in [4.69, 9.17) is 0 Å². The highest BCUT2D eigenvalue weighted by atomic mass is 19.1.